The van der Waals surface area contributed by atoms with E-state index in [4.69, 9.17) is 4.74 Å². The van der Waals surface area contributed by atoms with Gasteiger partial charge in [-0.25, -0.2) is 0 Å². The van der Waals surface area contributed by atoms with Gasteiger partial charge in [-0.15, -0.1) is 0 Å². The number of rotatable bonds is 3. The molecule has 5 heteroatoms. The number of nitrogens with one attached hydrogen (secondary N) is 2. The van der Waals surface area contributed by atoms with E-state index in [9.17, 15) is 4.79 Å². The van der Waals surface area contributed by atoms with Crippen molar-refractivity contribution in [3.8, 4) is 0 Å². The van der Waals surface area contributed by atoms with Gasteiger partial charge in [0, 0.05) is 23.8 Å². The highest BCUT2D eigenvalue weighted by molar-refractivity contribution is 9.10. The summed E-state index contributed by atoms with van der Waals surface area (Å²) in [4.78, 5) is 14.5. The molecule has 2 rings (SSSR count). The van der Waals surface area contributed by atoms with Gasteiger partial charge in [-0.2, -0.15) is 0 Å². The van der Waals surface area contributed by atoms with Crippen LogP contribution in [0.25, 0.3) is 0 Å². The molecule has 1 aliphatic rings. The van der Waals surface area contributed by atoms with Gasteiger partial charge < -0.3 is 15.0 Å². The first kappa shape index (κ1) is 10.7. The lowest BCUT2D eigenvalue weighted by Crippen LogP contribution is -2.47. The van der Waals surface area contributed by atoms with Crippen LogP contribution in [0.3, 0.4) is 0 Å². The Morgan fingerprint density at radius 3 is 2.93 bits per heavy atom. The molecule has 1 heterocycles. The lowest BCUT2D eigenvalue weighted by atomic mass is 9.89. The third kappa shape index (κ3) is 2.41. The summed E-state index contributed by atoms with van der Waals surface area (Å²) in [6, 6.07) is 2.02. The number of carbonyl (C=O) groups excluding carboxylic acids is 1. The van der Waals surface area contributed by atoms with E-state index in [2.05, 4.69) is 26.2 Å². The van der Waals surface area contributed by atoms with Crippen molar-refractivity contribution in [2.45, 2.75) is 25.0 Å². The Morgan fingerprint density at radius 1 is 1.67 bits per heavy atom. The molecule has 0 spiro atoms. The second-order valence-corrected chi connectivity index (χ2v) is 4.65. The van der Waals surface area contributed by atoms with E-state index in [1.165, 1.54) is 0 Å². The maximum atomic E-state index is 11.7. The minimum Gasteiger partial charge on any atom is -0.381 e. The van der Waals surface area contributed by atoms with Crippen LogP contribution in [0, 0.1) is 0 Å². The number of aromatic nitrogens is 1. The Labute approximate surface area is 96.5 Å². The van der Waals surface area contributed by atoms with Crippen LogP contribution in [0.5, 0.6) is 0 Å². The summed E-state index contributed by atoms with van der Waals surface area (Å²) < 4.78 is 6.03. The summed E-state index contributed by atoms with van der Waals surface area (Å²) in [6.07, 6.45) is 3.87. The number of aromatic amines is 1. The molecule has 82 valence electrons. The van der Waals surface area contributed by atoms with Crippen LogP contribution in [0.1, 0.15) is 23.3 Å². The Bertz CT molecular complexity index is 358. The number of H-pyrrole nitrogens is 1. The summed E-state index contributed by atoms with van der Waals surface area (Å²) in [5.74, 6) is -0.0553. The first-order valence-electron chi connectivity index (χ1n) is 4.86. The molecule has 1 amide bonds. The molecule has 1 aliphatic carbocycles. The van der Waals surface area contributed by atoms with E-state index in [-0.39, 0.29) is 11.9 Å². The van der Waals surface area contributed by atoms with E-state index >= 15 is 0 Å². The van der Waals surface area contributed by atoms with Gasteiger partial charge in [0.05, 0.1) is 6.10 Å². The lowest BCUT2D eigenvalue weighted by Gasteiger charge is -2.34. The topological polar surface area (TPSA) is 54.1 Å². The normalized spacial score (nSPS) is 24.7. The molecule has 0 atom stereocenters. The van der Waals surface area contributed by atoms with Crippen LogP contribution < -0.4 is 5.32 Å². The number of halogens is 1. The Hall–Kier alpha value is -0.810. The van der Waals surface area contributed by atoms with Gasteiger partial charge in [0.1, 0.15) is 5.69 Å². The molecule has 1 fully saturated rings. The van der Waals surface area contributed by atoms with E-state index in [1.807, 2.05) is 0 Å². The average Bonchev–Trinajstić information content (AvgIpc) is 2.57. The van der Waals surface area contributed by atoms with Crippen molar-refractivity contribution in [3.63, 3.8) is 0 Å². The smallest absolute Gasteiger partial charge is 0.267 e. The van der Waals surface area contributed by atoms with Crippen LogP contribution in [0.2, 0.25) is 0 Å². The van der Waals surface area contributed by atoms with E-state index < -0.39 is 0 Å². The van der Waals surface area contributed by atoms with Gasteiger partial charge in [0.25, 0.3) is 5.91 Å². The van der Waals surface area contributed by atoms with E-state index in [0.717, 1.165) is 17.3 Å². The molecule has 0 unspecified atom stereocenters. The molecule has 1 aromatic heterocycles. The summed E-state index contributed by atoms with van der Waals surface area (Å²) in [5.41, 5.74) is 0.586. The third-order valence-electron chi connectivity index (χ3n) is 2.66. The van der Waals surface area contributed by atoms with Crippen molar-refractivity contribution in [2.75, 3.05) is 7.11 Å². The highest BCUT2D eigenvalue weighted by atomic mass is 79.9. The molecule has 0 aliphatic heterocycles. The van der Waals surface area contributed by atoms with Crippen molar-refractivity contribution in [1.82, 2.24) is 10.3 Å². The zero-order chi connectivity index (χ0) is 10.8. The minimum atomic E-state index is -0.0553. The Morgan fingerprint density at radius 2 is 2.40 bits per heavy atom. The molecule has 0 bridgehead atoms. The fourth-order valence-corrected chi connectivity index (χ4v) is 1.98. The van der Waals surface area contributed by atoms with Gasteiger partial charge in [0.2, 0.25) is 0 Å². The largest absolute Gasteiger partial charge is 0.381 e. The van der Waals surface area contributed by atoms with Crippen molar-refractivity contribution in [1.29, 1.82) is 0 Å². The van der Waals surface area contributed by atoms with Crippen molar-refractivity contribution in [3.05, 3.63) is 22.4 Å². The highest BCUT2D eigenvalue weighted by Gasteiger charge is 2.30. The standard InChI is InChI=1S/C10H13BrN2O2/c1-15-8-3-7(4-8)13-10(14)9-2-6(11)5-12-9/h2,5,7-8,12H,3-4H2,1H3,(H,13,14). The number of carbonyl (C=O) groups is 1. The van der Waals surface area contributed by atoms with Gasteiger partial charge in [-0.05, 0) is 34.8 Å². The molecule has 0 saturated heterocycles. The quantitative estimate of drug-likeness (QED) is 0.880. The average molecular weight is 273 g/mol. The summed E-state index contributed by atoms with van der Waals surface area (Å²) >= 11 is 3.29. The van der Waals surface area contributed by atoms with Crippen LogP contribution >= 0.6 is 15.9 Å². The highest BCUT2D eigenvalue weighted by Crippen LogP contribution is 2.22. The van der Waals surface area contributed by atoms with E-state index in [1.54, 1.807) is 19.4 Å². The number of methoxy groups -OCH3 is 1. The maximum Gasteiger partial charge on any atom is 0.267 e. The lowest BCUT2D eigenvalue weighted by molar-refractivity contribution is 0.0175. The molecular weight excluding hydrogens is 260 g/mol. The molecule has 0 radical (unpaired) electrons. The number of hydrogen-bond acceptors (Lipinski definition) is 2. The van der Waals surface area contributed by atoms with Crippen LogP contribution in [0.15, 0.2) is 16.7 Å². The first-order valence-corrected chi connectivity index (χ1v) is 5.66. The van der Waals surface area contributed by atoms with Gasteiger partial charge in [0.15, 0.2) is 0 Å². The first-order chi connectivity index (χ1) is 7.19. The summed E-state index contributed by atoms with van der Waals surface area (Å²) in [6.45, 7) is 0. The van der Waals surface area contributed by atoms with Crippen molar-refractivity contribution in [2.24, 2.45) is 0 Å². The van der Waals surface area contributed by atoms with Crippen molar-refractivity contribution >= 4 is 21.8 Å². The Kier molecular flexibility index (Phi) is 3.11. The third-order valence-corrected chi connectivity index (χ3v) is 3.11. The fraction of sp³-hybridized carbons (Fsp3) is 0.500. The van der Waals surface area contributed by atoms with Crippen molar-refractivity contribution < 1.29 is 9.53 Å². The zero-order valence-corrected chi connectivity index (χ0v) is 10.0. The molecular formula is C10H13BrN2O2. The molecule has 1 aromatic rings. The molecule has 2 N–H and O–H groups in total. The molecule has 0 aromatic carbocycles. The molecule has 1 saturated carbocycles. The maximum absolute atomic E-state index is 11.7. The predicted octanol–water partition coefficient (Wildman–Crippen LogP) is 1.68. The summed E-state index contributed by atoms with van der Waals surface area (Å²) in [7, 11) is 1.70. The second-order valence-electron chi connectivity index (χ2n) is 3.73. The van der Waals surface area contributed by atoms with Gasteiger partial charge in [-0.1, -0.05) is 0 Å². The molecule has 15 heavy (non-hydrogen) atoms. The Balaban J connectivity index is 1.84. The predicted molar refractivity (Wildman–Crippen MR) is 59.8 cm³/mol. The number of hydrogen-bond donors (Lipinski definition) is 2. The molecule has 4 nitrogen and oxygen atoms in total. The summed E-state index contributed by atoms with van der Waals surface area (Å²) in [5, 5.41) is 2.94. The van der Waals surface area contributed by atoms with Crippen LogP contribution in [-0.2, 0) is 4.74 Å². The van der Waals surface area contributed by atoms with Gasteiger partial charge >= 0.3 is 0 Å². The van der Waals surface area contributed by atoms with Gasteiger partial charge in [-0.3, -0.25) is 4.79 Å². The minimum absolute atomic E-state index is 0.0553. The zero-order valence-electron chi connectivity index (χ0n) is 8.42. The number of amides is 1. The fourth-order valence-electron chi connectivity index (χ4n) is 1.64. The number of ether oxygens (including phenoxy) is 1. The SMILES string of the molecule is COC1CC(NC(=O)c2cc(Br)c[nH]2)C1. The second kappa shape index (κ2) is 4.37. The monoisotopic (exact) mass is 272 g/mol. The van der Waals surface area contributed by atoms with Crippen LogP contribution in [-0.4, -0.2) is 30.1 Å². The van der Waals surface area contributed by atoms with E-state index in [0.29, 0.717) is 11.8 Å². The van der Waals surface area contributed by atoms with Crippen LogP contribution in [0.4, 0.5) is 0 Å².